The summed E-state index contributed by atoms with van der Waals surface area (Å²) in [6.07, 6.45) is 6.13. The maximum absolute atomic E-state index is 3.70. The summed E-state index contributed by atoms with van der Waals surface area (Å²) in [7, 11) is 0. The molecule has 2 heteroatoms. The molecule has 70 valence electrons. The Morgan fingerprint density at radius 2 is 2.00 bits per heavy atom. The SMILES string of the molecule is C=CCS[n+]1ccc2ccccc2c1. The van der Waals surface area contributed by atoms with Gasteiger partial charge in [-0.25, -0.2) is 0 Å². The molecule has 0 aliphatic carbocycles. The van der Waals surface area contributed by atoms with Gasteiger partial charge >= 0.3 is 0 Å². The van der Waals surface area contributed by atoms with Crippen LogP contribution >= 0.6 is 11.9 Å². The normalized spacial score (nSPS) is 10.3. The molecule has 0 atom stereocenters. The van der Waals surface area contributed by atoms with Crippen molar-refractivity contribution in [2.24, 2.45) is 0 Å². The third-order valence-electron chi connectivity index (χ3n) is 2.00. The average Bonchev–Trinajstić information content (AvgIpc) is 2.26. The van der Waals surface area contributed by atoms with Crippen LogP contribution in [0.25, 0.3) is 10.8 Å². The number of aromatic nitrogens is 1. The number of rotatable bonds is 3. The molecule has 0 fully saturated rings. The van der Waals surface area contributed by atoms with Crippen molar-refractivity contribution in [2.45, 2.75) is 0 Å². The van der Waals surface area contributed by atoms with Crippen molar-refractivity contribution in [2.75, 3.05) is 5.75 Å². The number of hydrogen-bond donors (Lipinski definition) is 0. The molecular formula is C12H12NS+. The minimum atomic E-state index is 0.934. The van der Waals surface area contributed by atoms with Crippen molar-refractivity contribution in [1.29, 1.82) is 0 Å². The summed E-state index contributed by atoms with van der Waals surface area (Å²) in [6, 6.07) is 10.5. The zero-order chi connectivity index (χ0) is 9.80. The molecule has 0 spiro atoms. The monoisotopic (exact) mass is 202 g/mol. The van der Waals surface area contributed by atoms with Gasteiger partial charge < -0.3 is 0 Å². The van der Waals surface area contributed by atoms with E-state index in [2.05, 4.69) is 53.3 Å². The summed E-state index contributed by atoms with van der Waals surface area (Å²) in [5, 5.41) is 2.55. The predicted octanol–water partition coefficient (Wildman–Crippen LogP) is 2.81. The lowest BCUT2D eigenvalue weighted by Gasteiger charge is -1.94. The van der Waals surface area contributed by atoms with Crippen molar-refractivity contribution < 1.29 is 3.97 Å². The van der Waals surface area contributed by atoms with Crippen LogP contribution in [0.5, 0.6) is 0 Å². The number of fused-ring (bicyclic) bond motifs is 1. The van der Waals surface area contributed by atoms with E-state index in [1.807, 2.05) is 6.08 Å². The topological polar surface area (TPSA) is 3.88 Å². The highest BCUT2D eigenvalue weighted by Gasteiger charge is 2.02. The van der Waals surface area contributed by atoms with Gasteiger partial charge in [0.05, 0.1) is 5.75 Å². The number of benzene rings is 1. The van der Waals surface area contributed by atoms with E-state index >= 15 is 0 Å². The van der Waals surface area contributed by atoms with Crippen LogP contribution in [0.2, 0.25) is 0 Å². The Labute approximate surface area is 88.2 Å². The van der Waals surface area contributed by atoms with Crippen LogP contribution in [-0.2, 0) is 0 Å². The summed E-state index contributed by atoms with van der Waals surface area (Å²) < 4.78 is 2.12. The van der Waals surface area contributed by atoms with E-state index in [4.69, 9.17) is 0 Å². The van der Waals surface area contributed by atoms with Crippen LogP contribution in [-0.4, -0.2) is 5.75 Å². The van der Waals surface area contributed by atoms with Gasteiger partial charge in [0.2, 0.25) is 0 Å². The fourth-order valence-corrected chi connectivity index (χ4v) is 1.95. The van der Waals surface area contributed by atoms with E-state index in [1.165, 1.54) is 10.8 Å². The standard InChI is InChI=1S/C12H12NS/c1-2-9-14-13-8-7-11-5-3-4-6-12(11)10-13/h2-8,10H,1,9H2/q+1. The van der Waals surface area contributed by atoms with Crippen LogP contribution in [0.1, 0.15) is 0 Å². The fraction of sp³-hybridized carbons (Fsp3) is 0.0833. The minimum absolute atomic E-state index is 0.934. The predicted molar refractivity (Wildman–Crippen MR) is 62.2 cm³/mol. The number of pyridine rings is 1. The Hall–Kier alpha value is -1.28. The second kappa shape index (κ2) is 4.29. The van der Waals surface area contributed by atoms with Gasteiger partial charge in [0.25, 0.3) is 0 Å². The molecule has 0 saturated heterocycles. The van der Waals surface area contributed by atoms with Crippen molar-refractivity contribution in [3.05, 3.63) is 55.4 Å². The van der Waals surface area contributed by atoms with Gasteiger partial charge in [-0.05, 0) is 11.5 Å². The molecule has 1 heterocycles. The van der Waals surface area contributed by atoms with Crippen LogP contribution < -0.4 is 3.97 Å². The summed E-state index contributed by atoms with van der Waals surface area (Å²) in [5.74, 6) is 0.934. The highest BCUT2D eigenvalue weighted by atomic mass is 32.2. The first-order chi connectivity index (χ1) is 6.90. The summed E-state index contributed by atoms with van der Waals surface area (Å²) in [5.41, 5.74) is 0. The molecular weight excluding hydrogens is 190 g/mol. The Morgan fingerprint density at radius 1 is 1.21 bits per heavy atom. The zero-order valence-corrected chi connectivity index (χ0v) is 8.70. The highest BCUT2D eigenvalue weighted by molar-refractivity contribution is 7.93. The van der Waals surface area contributed by atoms with Gasteiger partial charge in [-0.2, -0.15) is 0 Å². The van der Waals surface area contributed by atoms with Crippen LogP contribution in [0, 0.1) is 0 Å². The van der Waals surface area contributed by atoms with E-state index < -0.39 is 0 Å². The first-order valence-corrected chi connectivity index (χ1v) is 5.48. The van der Waals surface area contributed by atoms with Gasteiger partial charge in [0, 0.05) is 11.5 Å². The lowest BCUT2D eigenvalue weighted by Crippen LogP contribution is -2.23. The molecule has 1 aromatic heterocycles. The Balaban J connectivity index is 2.36. The average molecular weight is 202 g/mol. The van der Waals surface area contributed by atoms with Gasteiger partial charge in [-0.3, -0.25) is 0 Å². The quantitative estimate of drug-likeness (QED) is 0.547. The number of nitrogens with zero attached hydrogens (tertiary/aromatic N) is 1. The molecule has 14 heavy (non-hydrogen) atoms. The number of hydrogen-bond acceptors (Lipinski definition) is 1. The van der Waals surface area contributed by atoms with Crippen LogP contribution in [0.15, 0.2) is 55.4 Å². The molecule has 1 aromatic carbocycles. The molecule has 1 nitrogen and oxygen atoms in total. The largest absolute Gasteiger partial charge is 0.191 e. The molecule has 0 unspecified atom stereocenters. The molecule has 0 aliphatic heterocycles. The van der Waals surface area contributed by atoms with Crippen molar-refractivity contribution in [3.63, 3.8) is 0 Å². The highest BCUT2D eigenvalue weighted by Crippen LogP contribution is 2.10. The molecule has 0 N–H and O–H groups in total. The molecule has 0 bridgehead atoms. The van der Waals surface area contributed by atoms with E-state index in [1.54, 1.807) is 11.9 Å². The lowest BCUT2D eigenvalue weighted by molar-refractivity contribution is -0.492. The smallest absolute Gasteiger partial charge is 0.133 e. The zero-order valence-electron chi connectivity index (χ0n) is 7.89. The molecule has 0 radical (unpaired) electrons. The molecule has 0 amide bonds. The van der Waals surface area contributed by atoms with Gasteiger partial charge in [0.15, 0.2) is 24.3 Å². The summed E-state index contributed by atoms with van der Waals surface area (Å²) in [6.45, 7) is 3.70. The maximum atomic E-state index is 3.70. The minimum Gasteiger partial charge on any atom is -0.133 e. The van der Waals surface area contributed by atoms with E-state index in [9.17, 15) is 0 Å². The Bertz CT molecular complexity index is 451. The second-order valence-electron chi connectivity index (χ2n) is 3.02. The third-order valence-corrected chi connectivity index (χ3v) is 2.91. The molecule has 0 saturated carbocycles. The van der Waals surface area contributed by atoms with Crippen molar-refractivity contribution in [3.8, 4) is 0 Å². The van der Waals surface area contributed by atoms with Gasteiger partial charge in [-0.15, -0.1) is 10.6 Å². The van der Waals surface area contributed by atoms with Gasteiger partial charge in [0.1, 0.15) is 0 Å². The van der Waals surface area contributed by atoms with Crippen molar-refractivity contribution >= 4 is 22.7 Å². The fourth-order valence-electron chi connectivity index (χ4n) is 1.33. The lowest BCUT2D eigenvalue weighted by atomic mass is 10.2. The Kier molecular flexibility index (Phi) is 2.84. The molecule has 0 aliphatic rings. The first kappa shape index (κ1) is 9.28. The van der Waals surface area contributed by atoms with Crippen LogP contribution in [0.3, 0.4) is 0 Å². The third kappa shape index (κ3) is 1.96. The first-order valence-electron chi connectivity index (χ1n) is 4.54. The van der Waals surface area contributed by atoms with E-state index in [-0.39, 0.29) is 0 Å². The molecule has 2 rings (SSSR count). The Morgan fingerprint density at radius 3 is 2.79 bits per heavy atom. The second-order valence-corrected chi connectivity index (χ2v) is 4.03. The summed E-state index contributed by atoms with van der Waals surface area (Å²) in [4.78, 5) is 0. The maximum Gasteiger partial charge on any atom is 0.191 e. The van der Waals surface area contributed by atoms with E-state index in [0.29, 0.717) is 0 Å². The van der Waals surface area contributed by atoms with E-state index in [0.717, 1.165) is 5.75 Å². The van der Waals surface area contributed by atoms with Gasteiger partial charge in [-0.1, -0.05) is 24.3 Å². The van der Waals surface area contributed by atoms with Crippen LogP contribution in [0.4, 0.5) is 0 Å². The molecule has 2 aromatic rings. The van der Waals surface area contributed by atoms with Crippen molar-refractivity contribution in [1.82, 2.24) is 0 Å². The summed E-state index contributed by atoms with van der Waals surface area (Å²) >= 11 is 1.73.